The Morgan fingerprint density at radius 1 is 1.24 bits per heavy atom. The van der Waals surface area contributed by atoms with Crippen LogP contribution >= 0.6 is 0 Å². The Morgan fingerprint density at radius 3 is 2.24 bits per heavy atom. The minimum atomic E-state index is -1.21. The average Bonchev–Trinajstić information content (AvgIpc) is 2.30. The van der Waals surface area contributed by atoms with E-state index < -0.39 is 11.5 Å². The molecule has 1 rings (SSSR count). The molecule has 0 aromatic heterocycles. The fourth-order valence-corrected chi connectivity index (χ4v) is 1.69. The number of ether oxygens (including phenoxy) is 2. The molecule has 4 nitrogen and oxygen atoms in total. The van der Waals surface area contributed by atoms with Crippen molar-refractivity contribution in [1.82, 2.24) is 0 Å². The summed E-state index contributed by atoms with van der Waals surface area (Å²) in [6.45, 7) is 5.56. The minimum absolute atomic E-state index is 0.487. The predicted octanol–water partition coefficient (Wildman–Crippen LogP) is 1.66. The Hall–Kier alpha value is -1.55. The van der Waals surface area contributed by atoms with Gasteiger partial charge in [0, 0.05) is 5.56 Å². The average molecular weight is 237 g/mol. The lowest BCUT2D eigenvalue weighted by molar-refractivity contribution is -0.146. The molecule has 0 heterocycles. The number of hydrogen-bond donors (Lipinski definition) is 1. The fraction of sp³-hybridized carbons (Fsp3) is 0.462. The molecule has 1 atom stereocenters. The number of aryl methyl sites for hydroxylation is 2. The predicted molar refractivity (Wildman–Crippen MR) is 66.0 cm³/mol. The fourth-order valence-electron chi connectivity index (χ4n) is 1.69. The van der Waals surface area contributed by atoms with Crippen molar-refractivity contribution in [2.24, 2.45) is 5.73 Å². The van der Waals surface area contributed by atoms with Gasteiger partial charge in [-0.3, -0.25) is 0 Å². The van der Waals surface area contributed by atoms with Gasteiger partial charge in [0.1, 0.15) is 11.3 Å². The summed E-state index contributed by atoms with van der Waals surface area (Å²) in [6.07, 6.45) is 0. The molecule has 0 saturated carbocycles. The van der Waals surface area contributed by atoms with Gasteiger partial charge < -0.3 is 15.2 Å². The minimum Gasteiger partial charge on any atom is -0.496 e. The number of esters is 1. The van der Waals surface area contributed by atoms with E-state index >= 15 is 0 Å². The zero-order valence-electron chi connectivity index (χ0n) is 11.0. The van der Waals surface area contributed by atoms with Crippen LogP contribution in [0.4, 0.5) is 0 Å². The number of nitrogens with two attached hydrogens (primary N) is 1. The van der Waals surface area contributed by atoms with Crippen LogP contribution in [0.15, 0.2) is 12.1 Å². The van der Waals surface area contributed by atoms with Crippen LogP contribution < -0.4 is 10.5 Å². The first-order valence-electron chi connectivity index (χ1n) is 5.37. The molecule has 0 aliphatic carbocycles. The largest absolute Gasteiger partial charge is 0.496 e. The lowest BCUT2D eigenvalue weighted by Gasteiger charge is -2.25. The summed E-state index contributed by atoms with van der Waals surface area (Å²) in [5.41, 5.74) is 7.60. The molecule has 0 spiro atoms. The molecule has 0 saturated heterocycles. The standard InChI is InChI=1S/C13H19NO3/c1-8-6-10(11(16-4)7-9(8)2)13(3,14)12(15)17-5/h6-7H,14H2,1-5H3. The Balaban J connectivity index is 3.39. The number of carbonyl (C=O) groups is 1. The second kappa shape index (κ2) is 4.75. The molecule has 1 unspecified atom stereocenters. The van der Waals surface area contributed by atoms with E-state index in [-0.39, 0.29) is 0 Å². The van der Waals surface area contributed by atoms with Gasteiger partial charge >= 0.3 is 5.97 Å². The van der Waals surface area contributed by atoms with Crippen molar-refractivity contribution in [2.45, 2.75) is 26.3 Å². The molecule has 4 heteroatoms. The Kier molecular flexibility index (Phi) is 3.78. The maximum Gasteiger partial charge on any atom is 0.330 e. The molecule has 0 aliphatic heterocycles. The number of benzene rings is 1. The van der Waals surface area contributed by atoms with E-state index in [0.717, 1.165) is 11.1 Å². The number of carbonyl (C=O) groups excluding carboxylic acids is 1. The topological polar surface area (TPSA) is 61.5 Å². The van der Waals surface area contributed by atoms with Crippen LogP contribution in [0.2, 0.25) is 0 Å². The zero-order valence-corrected chi connectivity index (χ0v) is 11.0. The smallest absolute Gasteiger partial charge is 0.330 e. The van der Waals surface area contributed by atoms with Gasteiger partial charge in [0.2, 0.25) is 0 Å². The van der Waals surface area contributed by atoms with E-state index in [0.29, 0.717) is 11.3 Å². The van der Waals surface area contributed by atoms with Crippen molar-refractivity contribution in [1.29, 1.82) is 0 Å². The molecule has 94 valence electrons. The molecule has 0 bridgehead atoms. The lowest BCUT2D eigenvalue weighted by atomic mass is 9.89. The summed E-state index contributed by atoms with van der Waals surface area (Å²) in [7, 11) is 2.88. The Labute approximate surface area is 102 Å². The highest BCUT2D eigenvalue weighted by molar-refractivity contribution is 5.83. The number of hydrogen-bond acceptors (Lipinski definition) is 4. The summed E-state index contributed by atoms with van der Waals surface area (Å²) in [5.74, 6) is 0.113. The third kappa shape index (κ3) is 2.42. The van der Waals surface area contributed by atoms with Crippen molar-refractivity contribution in [2.75, 3.05) is 14.2 Å². The summed E-state index contributed by atoms with van der Waals surface area (Å²) >= 11 is 0. The first kappa shape index (κ1) is 13.5. The van der Waals surface area contributed by atoms with Gasteiger partial charge in [0.15, 0.2) is 0 Å². The van der Waals surface area contributed by atoms with E-state index in [2.05, 4.69) is 0 Å². The van der Waals surface area contributed by atoms with Gasteiger partial charge in [-0.1, -0.05) is 0 Å². The van der Waals surface area contributed by atoms with Crippen LogP contribution in [0.25, 0.3) is 0 Å². The van der Waals surface area contributed by atoms with Crippen LogP contribution in [0.3, 0.4) is 0 Å². The highest BCUT2D eigenvalue weighted by Gasteiger charge is 2.34. The second-order valence-electron chi connectivity index (χ2n) is 4.33. The van der Waals surface area contributed by atoms with Gasteiger partial charge in [-0.05, 0) is 44.0 Å². The van der Waals surface area contributed by atoms with Crippen LogP contribution in [0.5, 0.6) is 5.75 Å². The summed E-state index contributed by atoms with van der Waals surface area (Å²) in [6, 6.07) is 3.74. The van der Waals surface area contributed by atoms with Crippen LogP contribution in [0.1, 0.15) is 23.6 Å². The zero-order chi connectivity index (χ0) is 13.2. The molecular formula is C13H19NO3. The van der Waals surface area contributed by atoms with E-state index in [1.165, 1.54) is 7.11 Å². The molecule has 1 aromatic rings. The monoisotopic (exact) mass is 237 g/mol. The van der Waals surface area contributed by atoms with Gasteiger partial charge in [0.25, 0.3) is 0 Å². The maximum absolute atomic E-state index is 11.7. The van der Waals surface area contributed by atoms with E-state index in [9.17, 15) is 4.79 Å². The Morgan fingerprint density at radius 2 is 1.76 bits per heavy atom. The van der Waals surface area contributed by atoms with E-state index in [4.69, 9.17) is 15.2 Å². The maximum atomic E-state index is 11.7. The third-order valence-corrected chi connectivity index (χ3v) is 2.98. The van der Waals surface area contributed by atoms with Gasteiger partial charge in [-0.15, -0.1) is 0 Å². The summed E-state index contributed by atoms with van der Waals surface area (Å²) < 4.78 is 9.99. The molecule has 0 fully saturated rings. The first-order valence-corrected chi connectivity index (χ1v) is 5.37. The van der Waals surface area contributed by atoms with Crippen LogP contribution in [0, 0.1) is 13.8 Å². The van der Waals surface area contributed by atoms with Gasteiger partial charge in [0.05, 0.1) is 14.2 Å². The molecule has 0 radical (unpaired) electrons. The van der Waals surface area contributed by atoms with Crippen LogP contribution in [-0.4, -0.2) is 20.2 Å². The molecular weight excluding hydrogens is 218 g/mol. The van der Waals surface area contributed by atoms with Crippen LogP contribution in [-0.2, 0) is 15.1 Å². The quantitative estimate of drug-likeness (QED) is 0.812. The molecule has 0 amide bonds. The van der Waals surface area contributed by atoms with Crippen molar-refractivity contribution in [3.8, 4) is 5.75 Å². The third-order valence-electron chi connectivity index (χ3n) is 2.98. The molecule has 2 N–H and O–H groups in total. The molecule has 0 aliphatic rings. The Bertz CT molecular complexity index is 439. The second-order valence-corrected chi connectivity index (χ2v) is 4.33. The molecule has 17 heavy (non-hydrogen) atoms. The van der Waals surface area contributed by atoms with Crippen molar-refractivity contribution in [3.63, 3.8) is 0 Å². The normalized spacial score (nSPS) is 14.0. The highest BCUT2D eigenvalue weighted by Crippen LogP contribution is 2.31. The molecule has 1 aromatic carbocycles. The van der Waals surface area contributed by atoms with Crippen molar-refractivity contribution < 1.29 is 14.3 Å². The van der Waals surface area contributed by atoms with Gasteiger partial charge in [-0.2, -0.15) is 0 Å². The van der Waals surface area contributed by atoms with Crippen molar-refractivity contribution >= 4 is 5.97 Å². The number of rotatable bonds is 3. The highest BCUT2D eigenvalue weighted by atomic mass is 16.5. The van der Waals surface area contributed by atoms with E-state index in [1.807, 2.05) is 26.0 Å². The lowest BCUT2D eigenvalue weighted by Crippen LogP contribution is -2.43. The van der Waals surface area contributed by atoms with E-state index in [1.54, 1.807) is 14.0 Å². The summed E-state index contributed by atoms with van der Waals surface area (Å²) in [5, 5.41) is 0. The van der Waals surface area contributed by atoms with Crippen molar-refractivity contribution in [3.05, 3.63) is 28.8 Å². The number of methoxy groups -OCH3 is 2. The SMILES string of the molecule is COC(=O)C(C)(N)c1cc(C)c(C)cc1OC. The van der Waals surface area contributed by atoms with Gasteiger partial charge in [-0.25, -0.2) is 4.79 Å². The summed E-state index contributed by atoms with van der Waals surface area (Å²) in [4.78, 5) is 11.7. The first-order chi connectivity index (χ1) is 7.84.